The predicted octanol–water partition coefficient (Wildman–Crippen LogP) is 5.00. The predicted molar refractivity (Wildman–Crippen MR) is 140 cm³/mol. The summed E-state index contributed by atoms with van der Waals surface area (Å²) < 4.78 is 1.31. The molecule has 2 aromatic carbocycles. The second kappa shape index (κ2) is 11.4. The second-order valence-electron chi connectivity index (χ2n) is 7.92. The van der Waals surface area contributed by atoms with E-state index in [1.54, 1.807) is 11.8 Å². The van der Waals surface area contributed by atoms with Gasteiger partial charge < -0.3 is 10.2 Å². The van der Waals surface area contributed by atoms with Gasteiger partial charge in [0.2, 0.25) is 0 Å². The van der Waals surface area contributed by atoms with Crippen molar-refractivity contribution < 1.29 is 4.79 Å². The molecule has 2 heterocycles. The fraction of sp³-hybridized carbons (Fsp3) is 0.417. The van der Waals surface area contributed by atoms with Crippen LogP contribution in [-0.2, 0) is 0 Å². The fourth-order valence-corrected chi connectivity index (χ4v) is 5.75. The van der Waals surface area contributed by atoms with Crippen molar-refractivity contribution in [2.75, 3.05) is 49.9 Å². The number of fused-ring (bicyclic) bond motifs is 1. The number of carbonyl (C=O) groups is 1. The Morgan fingerprint density at radius 1 is 1.12 bits per heavy atom. The molecular weight excluding hydrogens is 460 g/mol. The van der Waals surface area contributed by atoms with Gasteiger partial charge in [0.25, 0.3) is 5.91 Å². The van der Waals surface area contributed by atoms with Gasteiger partial charge in [-0.15, -0.1) is 24.2 Å². The van der Waals surface area contributed by atoms with Crippen molar-refractivity contribution in [2.24, 2.45) is 0 Å². The summed E-state index contributed by atoms with van der Waals surface area (Å²) in [5.41, 5.74) is 4.44. The third-order valence-electron chi connectivity index (χ3n) is 5.69. The van der Waals surface area contributed by atoms with E-state index in [9.17, 15) is 4.79 Å². The molecule has 0 atom stereocenters. The molecule has 0 bridgehead atoms. The molecule has 0 aliphatic carbocycles. The van der Waals surface area contributed by atoms with Crippen molar-refractivity contribution in [1.29, 1.82) is 0 Å². The average Bonchev–Trinajstić information content (AvgIpc) is 3.24. The van der Waals surface area contributed by atoms with Crippen molar-refractivity contribution in [3.8, 4) is 0 Å². The molecule has 0 unspecified atom stereocenters. The van der Waals surface area contributed by atoms with Crippen molar-refractivity contribution in [3.05, 3.63) is 53.1 Å². The Balaban J connectivity index is 0.00000289. The number of halogens is 1. The summed E-state index contributed by atoms with van der Waals surface area (Å²) in [5, 5.41) is 4.20. The number of hydrogen-bond donors (Lipinski definition) is 1. The number of anilines is 1. The number of aryl methyl sites for hydroxylation is 2. The zero-order valence-corrected chi connectivity index (χ0v) is 21.3. The van der Waals surface area contributed by atoms with Crippen LogP contribution in [0.15, 0.2) is 41.3 Å². The Hall–Kier alpha value is -1.80. The second-order valence-corrected chi connectivity index (χ2v) is 10.2. The van der Waals surface area contributed by atoms with Crippen LogP contribution < -0.4 is 10.2 Å². The number of amides is 1. The molecule has 3 aromatic rings. The van der Waals surface area contributed by atoms with E-state index in [0.717, 1.165) is 59.6 Å². The number of thioether (sulfide) groups is 1. The summed E-state index contributed by atoms with van der Waals surface area (Å²) in [7, 11) is 0. The maximum absolute atomic E-state index is 12.5. The van der Waals surface area contributed by atoms with E-state index in [1.165, 1.54) is 15.8 Å². The first-order chi connectivity index (χ1) is 15.0. The summed E-state index contributed by atoms with van der Waals surface area (Å²) in [5.74, 6) is 1.02. The van der Waals surface area contributed by atoms with E-state index in [-0.39, 0.29) is 18.3 Å². The molecular formula is C24H31ClN4OS2. The summed E-state index contributed by atoms with van der Waals surface area (Å²) in [6.45, 7) is 11.9. The lowest BCUT2D eigenvalue weighted by atomic mass is 10.1. The van der Waals surface area contributed by atoms with Crippen LogP contribution in [0.4, 0.5) is 5.13 Å². The van der Waals surface area contributed by atoms with Crippen molar-refractivity contribution >= 4 is 56.8 Å². The molecule has 32 heavy (non-hydrogen) atoms. The summed E-state index contributed by atoms with van der Waals surface area (Å²) in [4.78, 5) is 23.4. The number of benzene rings is 2. The maximum Gasteiger partial charge on any atom is 0.251 e. The van der Waals surface area contributed by atoms with Crippen LogP contribution in [-0.4, -0.2) is 60.8 Å². The molecule has 1 amide bonds. The lowest BCUT2D eigenvalue weighted by molar-refractivity contribution is 0.0947. The Morgan fingerprint density at radius 2 is 1.88 bits per heavy atom. The summed E-state index contributed by atoms with van der Waals surface area (Å²) >= 11 is 3.56. The molecule has 1 N–H and O–H groups in total. The lowest BCUT2D eigenvalue weighted by Gasteiger charge is -2.34. The van der Waals surface area contributed by atoms with E-state index in [4.69, 9.17) is 4.98 Å². The molecule has 1 fully saturated rings. The highest BCUT2D eigenvalue weighted by atomic mass is 35.5. The summed E-state index contributed by atoms with van der Waals surface area (Å²) in [6, 6.07) is 12.2. The first-order valence-corrected chi connectivity index (χ1v) is 12.7. The zero-order chi connectivity index (χ0) is 21.8. The van der Waals surface area contributed by atoms with Crippen LogP contribution >= 0.6 is 35.5 Å². The number of carbonyl (C=O) groups excluding carboxylic acids is 1. The largest absolute Gasteiger partial charge is 0.351 e. The van der Waals surface area contributed by atoms with Crippen molar-refractivity contribution in [2.45, 2.75) is 25.7 Å². The molecule has 0 radical (unpaired) electrons. The molecule has 172 valence electrons. The quantitative estimate of drug-likeness (QED) is 0.472. The topological polar surface area (TPSA) is 48.5 Å². The van der Waals surface area contributed by atoms with Gasteiger partial charge in [-0.2, -0.15) is 0 Å². The lowest BCUT2D eigenvalue weighted by Crippen LogP contribution is -2.48. The molecule has 5 nitrogen and oxygen atoms in total. The van der Waals surface area contributed by atoms with Gasteiger partial charge in [-0.05, 0) is 48.9 Å². The van der Waals surface area contributed by atoms with Crippen LogP contribution in [0.2, 0.25) is 0 Å². The minimum atomic E-state index is 0. The van der Waals surface area contributed by atoms with Gasteiger partial charge >= 0.3 is 0 Å². The van der Waals surface area contributed by atoms with Gasteiger partial charge in [0.05, 0.1) is 10.2 Å². The Labute approximate surface area is 205 Å². The van der Waals surface area contributed by atoms with E-state index in [1.807, 2.05) is 29.5 Å². The number of nitrogens with zero attached hydrogens (tertiary/aromatic N) is 3. The molecule has 0 saturated carbocycles. The number of thiazole rings is 1. The first-order valence-electron chi connectivity index (χ1n) is 10.9. The van der Waals surface area contributed by atoms with Gasteiger partial charge in [0, 0.05) is 49.7 Å². The highest BCUT2D eigenvalue weighted by molar-refractivity contribution is 7.99. The molecule has 0 spiro atoms. The third kappa shape index (κ3) is 5.76. The Kier molecular flexibility index (Phi) is 8.82. The highest BCUT2D eigenvalue weighted by Crippen LogP contribution is 2.33. The monoisotopic (exact) mass is 490 g/mol. The number of piperazine rings is 1. The molecule has 1 saturated heterocycles. The zero-order valence-electron chi connectivity index (χ0n) is 18.9. The number of rotatable bonds is 7. The van der Waals surface area contributed by atoms with Gasteiger partial charge in [0.15, 0.2) is 5.13 Å². The van der Waals surface area contributed by atoms with E-state index in [0.29, 0.717) is 6.54 Å². The Bertz CT molecular complexity index is 1020. The number of nitrogens with one attached hydrogen (secondary N) is 1. The minimum absolute atomic E-state index is 0. The van der Waals surface area contributed by atoms with Crippen molar-refractivity contribution in [1.82, 2.24) is 15.2 Å². The Morgan fingerprint density at radius 3 is 2.59 bits per heavy atom. The van der Waals surface area contributed by atoms with Gasteiger partial charge in [-0.25, -0.2) is 4.98 Å². The summed E-state index contributed by atoms with van der Waals surface area (Å²) in [6.07, 6.45) is 0. The molecule has 8 heteroatoms. The molecule has 1 aliphatic rings. The first kappa shape index (κ1) is 24.8. The average molecular weight is 491 g/mol. The van der Waals surface area contributed by atoms with E-state index in [2.05, 4.69) is 54.1 Å². The standard InChI is InChI=1S/C24H30N4OS2.ClH/c1-4-30-20-7-5-6-19(16-20)23(29)25-10-11-27-12-14-28(15-13-27)24-26-21-17(2)8-9-18(3)22(21)31-24;/h5-9,16H,4,10-15H2,1-3H3,(H,25,29);1H. The van der Waals surface area contributed by atoms with Crippen LogP contribution in [0.3, 0.4) is 0 Å². The minimum Gasteiger partial charge on any atom is -0.351 e. The molecule has 4 rings (SSSR count). The fourth-order valence-electron chi connectivity index (χ4n) is 3.87. The smallest absolute Gasteiger partial charge is 0.251 e. The van der Waals surface area contributed by atoms with Gasteiger partial charge in [0.1, 0.15) is 0 Å². The van der Waals surface area contributed by atoms with E-state index >= 15 is 0 Å². The van der Waals surface area contributed by atoms with Crippen LogP contribution in [0.25, 0.3) is 10.2 Å². The SMILES string of the molecule is CCSc1cccc(C(=O)NCCN2CCN(c3nc4c(C)ccc(C)c4s3)CC2)c1.Cl. The van der Waals surface area contributed by atoms with Gasteiger partial charge in [-0.1, -0.05) is 36.5 Å². The molecule has 1 aliphatic heterocycles. The van der Waals surface area contributed by atoms with E-state index < -0.39 is 0 Å². The number of hydrogen-bond acceptors (Lipinski definition) is 6. The normalized spacial score (nSPS) is 14.4. The van der Waals surface area contributed by atoms with Crippen LogP contribution in [0, 0.1) is 13.8 Å². The molecule has 1 aromatic heterocycles. The van der Waals surface area contributed by atoms with Crippen molar-refractivity contribution in [3.63, 3.8) is 0 Å². The highest BCUT2D eigenvalue weighted by Gasteiger charge is 2.20. The maximum atomic E-state index is 12.5. The third-order valence-corrected chi connectivity index (χ3v) is 7.82. The van der Waals surface area contributed by atoms with Gasteiger partial charge in [-0.3, -0.25) is 9.69 Å². The van der Waals surface area contributed by atoms with Crippen LogP contribution in [0.1, 0.15) is 28.4 Å². The number of aromatic nitrogens is 1. The van der Waals surface area contributed by atoms with Crippen LogP contribution in [0.5, 0.6) is 0 Å².